The third-order valence-electron chi connectivity index (χ3n) is 5.01. The Morgan fingerprint density at radius 3 is 2.38 bits per heavy atom. The van der Waals surface area contributed by atoms with Crippen molar-refractivity contribution in [3.63, 3.8) is 0 Å². The first-order valence-corrected chi connectivity index (χ1v) is 10.8. The van der Waals surface area contributed by atoms with E-state index < -0.39 is 7.41 Å². The predicted octanol–water partition coefficient (Wildman–Crippen LogP) is 5.50. The lowest BCUT2D eigenvalue weighted by molar-refractivity contribution is 0.313. The highest BCUT2D eigenvalue weighted by atomic mass is 31.2. The molecule has 0 radical (unpaired) electrons. The van der Waals surface area contributed by atoms with Gasteiger partial charge < -0.3 is 0 Å². The molecule has 0 spiro atoms. The number of nitrogens with one attached hydrogen (secondary N) is 1. The number of rotatable bonds is 9. The van der Waals surface area contributed by atoms with Crippen LogP contribution in [0.3, 0.4) is 0 Å². The summed E-state index contributed by atoms with van der Waals surface area (Å²) in [5, 5.41) is 3.95. The maximum atomic E-state index is 4.31. The Bertz CT molecular complexity index is 432. The number of hydrogen-bond donors (Lipinski definition) is 1. The Labute approximate surface area is 131 Å². The van der Waals surface area contributed by atoms with Crippen molar-refractivity contribution in [2.24, 2.45) is 5.92 Å². The summed E-state index contributed by atoms with van der Waals surface area (Å²) < 4.78 is 0. The normalized spacial score (nSPS) is 15.7. The van der Waals surface area contributed by atoms with Crippen LogP contribution in [0, 0.1) is 5.92 Å². The zero-order valence-electron chi connectivity index (χ0n) is 13.8. The van der Waals surface area contributed by atoms with Gasteiger partial charge in [-0.1, -0.05) is 61.7 Å². The molecule has 0 amide bonds. The Morgan fingerprint density at radius 2 is 1.86 bits per heavy atom. The molecule has 1 fully saturated rings. The van der Waals surface area contributed by atoms with Gasteiger partial charge in [0.05, 0.1) is 32.4 Å². The minimum absolute atomic E-state index is 0.935. The molecule has 1 aliphatic carbocycles. The lowest BCUT2D eigenvalue weighted by Gasteiger charge is -2.29. The maximum absolute atomic E-state index is 4.31. The van der Waals surface area contributed by atoms with Crippen molar-refractivity contribution in [2.45, 2.75) is 45.7 Å². The van der Waals surface area contributed by atoms with E-state index in [1.807, 2.05) is 0 Å². The van der Waals surface area contributed by atoms with E-state index in [-0.39, 0.29) is 0 Å². The highest BCUT2D eigenvalue weighted by Crippen LogP contribution is 2.56. The van der Waals surface area contributed by atoms with E-state index >= 15 is 0 Å². The van der Waals surface area contributed by atoms with Gasteiger partial charge in [-0.2, -0.15) is 5.09 Å². The van der Waals surface area contributed by atoms with Crippen LogP contribution in [0.5, 0.6) is 0 Å². The van der Waals surface area contributed by atoms with Gasteiger partial charge in [-0.25, -0.2) is 0 Å². The van der Waals surface area contributed by atoms with Crippen molar-refractivity contribution in [3.8, 4) is 0 Å². The molecule has 0 atom stereocenters. The quantitative estimate of drug-likeness (QED) is 0.469. The summed E-state index contributed by atoms with van der Waals surface area (Å²) in [4.78, 5) is 0. The van der Waals surface area contributed by atoms with Crippen LogP contribution in [0.2, 0.25) is 0 Å². The van der Waals surface area contributed by atoms with Crippen LogP contribution in [-0.4, -0.2) is 18.9 Å². The summed E-state index contributed by atoms with van der Waals surface area (Å²) >= 11 is 0. The van der Waals surface area contributed by atoms with E-state index in [9.17, 15) is 0 Å². The van der Waals surface area contributed by atoms with E-state index in [2.05, 4.69) is 55.8 Å². The Balaban J connectivity index is 1.89. The summed E-state index contributed by atoms with van der Waals surface area (Å²) in [6.45, 7) is 10.0. The Morgan fingerprint density at radius 1 is 1.19 bits per heavy atom. The van der Waals surface area contributed by atoms with Crippen molar-refractivity contribution in [1.29, 1.82) is 0 Å². The molecule has 1 aromatic rings. The molecule has 1 saturated carbocycles. The summed E-state index contributed by atoms with van der Waals surface area (Å²) in [6.07, 6.45) is 9.28. The van der Waals surface area contributed by atoms with Gasteiger partial charge in [-0.15, -0.1) is 0 Å². The Hall–Kier alpha value is -0.650. The van der Waals surface area contributed by atoms with Crippen molar-refractivity contribution < 1.29 is 0 Å². The van der Waals surface area contributed by atoms with Crippen LogP contribution >= 0.6 is 7.41 Å². The second-order valence-electron chi connectivity index (χ2n) is 6.51. The fourth-order valence-corrected chi connectivity index (χ4v) is 6.04. The fraction of sp³-hybridized carbons (Fsp3) is 0.579. The lowest BCUT2D eigenvalue weighted by Crippen LogP contribution is -2.24. The van der Waals surface area contributed by atoms with E-state index in [0.29, 0.717) is 0 Å². The van der Waals surface area contributed by atoms with Crippen molar-refractivity contribution in [2.75, 3.05) is 18.9 Å². The molecule has 21 heavy (non-hydrogen) atoms. The predicted molar refractivity (Wildman–Crippen MR) is 97.2 cm³/mol. The van der Waals surface area contributed by atoms with Crippen LogP contribution in [-0.2, 0) is 6.16 Å². The van der Waals surface area contributed by atoms with Crippen molar-refractivity contribution in [1.82, 2.24) is 5.09 Å². The molecule has 0 aromatic heterocycles. The fourth-order valence-electron chi connectivity index (χ4n) is 3.12. The van der Waals surface area contributed by atoms with Crippen LogP contribution in [0.25, 0.3) is 0 Å². The lowest BCUT2D eigenvalue weighted by atomic mass is 9.81. The molecule has 1 aliphatic rings. The van der Waals surface area contributed by atoms with Gasteiger partial charge in [-0.05, 0) is 31.7 Å². The molecular weight excluding hydrogens is 273 g/mol. The number of benzene rings is 1. The Kier molecular flexibility index (Phi) is 6.45. The third-order valence-corrected chi connectivity index (χ3v) is 9.23. The summed E-state index contributed by atoms with van der Waals surface area (Å²) in [5.74, 6) is 0.935. The van der Waals surface area contributed by atoms with Crippen LogP contribution in [0.1, 0.15) is 45.1 Å². The van der Waals surface area contributed by atoms with Crippen LogP contribution in [0.4, 0.5) is 0 Å². The molecular formula is C19H31NP+. The third kappa shape index (κ3) is 4.94. The van der Waals surface area contributed by atoms with Crippen molar-refractivity contribution in [3.05, 3.63) is 48.0 Å². The molecule has 0 heterocycles. The van der Waals surface area contributed by atoms with Crippen LogP contribution in [0.15, 0.2) is 42.5 Å². The first kappa shape index (κ1) is 16.7. The summed E-state index contributed by atoms with van der Waals surface area (Å²) in [5.41, 5.74) is 2.89. The highest BCUT2D eigenvalue weighted by Gasteiger charge is 2.33. The van der Waals surface area contributed by atoms with E-state index in [0.717, 1.165) is 12.5 Å². The smallest absolute Gasteiger partial charge is 0.0998 e. The standard InChI is InChI=1S/C19H31NP/c1-4-21(5-2,16-19-10-7-6-8-11-19)20-15-17(3)14-18-12-9-13-18/h6-8,10-11,18,20H,3-5,9,12-16H2,1-2H3/q+1. The summed E-state index contributed by atoms with van der Waals surface area (Å²) in [7, 11) is -1.08. The maximum Gasteiger partial charge on any atom is 0.0998 e. The summed E-state index contributed by atoms with van der Waals surface area (Å²) in [6, 6.07) is 11.0. The topological polar surface area (TPSA) is 12.0 Å². The highest BCUT2D eigenvalue weighted by molar-refractivity contribution is 7.73. The van der Waals surface area contributed by atoms with Crippen molar-refractivity contribution >= 4 is 7.41 Å². The molecule has 0 bridgehead atoms. The molecule has 0 unspecified atom stereocenters. The first-order valence-electron chi connectivity index (χ1n) is 8.49. The van der Waals surface area contributed by atoms with Gasteiger partial charge in [0.15, 0.2) is 0 Å². The van der Waals surface area contributed by atoms with Gasteiger partial charge >= 0.3 is 0 Å². The zero-order chi connectivity index (χ0) is 15.1. The second kappa shape index (κ2) is 8.11. The molecule has 1 nitrogen and oxygen atoms in total. The van der Waals surface area contributed by atoms with E-state index in [1.165, 1.54) is 55.3 Å². The van der Waals surface area contributed by atoms with Gasteiger partial charge in [-0.3, -0.25) is 0 Å². The monoisotopic (exact) mass is 304 g/mol. The second-order valence-corrected chi connectivity index (χ2v) is 10.7. The average Bonchev–Trinajstić information content (AvgIpc) is 2.48. The minimum Gasteiger partial charge on any atom is -0.188 e. The SMILES string of the molecule is C=C(CN[P+](CC)(CC)Cc1ccccc1)CC1CCC1. The van der Waals surface area contributed by atoms with Crippen LogP contribution < -0.4 is 5.09 Å². The minimum atomic E-state index is -1.08. The van der Waals surface area contributed by atoms with E-state index in [1.54, 1.807) is 0 Å². The molecule has 2 rings (SSSR count). The van der Waals surface area contributed by atoms with Gasteiger partial charge in [0.2, 0.25) is 0 Å². The molecule has 1 aromatic carbocycles. The van der Waals surface area contributed by atoms with Gasteiger partial charge in [0.1, 0.15) is 0 Å². The zero-order valence-corrected chi connectivity index (χ0v) is 14.7. The van der Waals surface area contributed by atoms with Gasteiger partial charge in [0, 0.05) is 0 Å². The molecule has 0 saturated heterocycles. The molecule has 1 N–H and O–H groups in total. The molecule has 116 valence electrons. The molecule has 2 heteroatoms. The number of hydrogen-bond acceptors (Lipinski definition) is 1. The van der Waals surface area contributed by atoms with E-state index in [4.69, 9.17) is 0 Å². The largest absolute Gasteiger partial charge is 0.188 e. The van der Waals surface area contributed by atoms with Gasteiger partial charge in [0.25, 0.3) is 0 Å². The average molecular weight is 304 g/mol. The molecule has 0 aliphatic heterocycles. The first-order chi connectivity index (χ1) is 10.2.